The van der Waals surface area contributed by atoms with Crippen LogP contribution in [0.4, 0.5) is 0 Å². The van der Waals surface area contributed by atoms with Crippen LogP contribution in [0.3, 0.4) is 0 Å². The van der Waals surface area contributed by atoms with E-state index in [1.54, 1.807) is 0 Å². The summed E-state index contributed by atoms with van der Waals surface area (Å²) in [5, 5.41) is 0. The van der Waals surface area contributed by atoms with Gasteiger partial charge in [0.15, 0.2) is 5.78 Å². The Morgan fingerprint density at radius 1 is 0.480 bits per heavy atom. The van der Waals surface area contributed by atoms with E-state index >= 15 is 0 Å². The highest BCUT2D eigenvalue weighted by molar-refractivity contribution is 6.04. The van der Waals surface area contributed by atoms with Crippen molar-refractivity contribution in [1.29, 1.82) is 0 Å². The monoisotopic (exact) mass is 326 g/mol. The van der Waals surface area contributed by atoms with Crippen molar-refractivity contribution in [2.24, 2.45) is 0 Å². The van der Waals surface area contributed by atoms with Gasteiger partial charge in [-0.3, -0.25) is 4.79 Å². The highest BCUT2D eigenvalue weighted by atomic mass is 16.1. The van der Waals surface area contributed by atoms with Crippen LogP contribution in [0.2, 0.25) is 0 Å². The van der Waals surface area contributed by atoms with Crippen LogP contribution in [-0.4, -0.2) is 5.78 Å². The molecule has 0 amide bonds. The lowest BCUT2D eigenvalue weighted by Crippen LogP contribution is -2.03. The Kier molecular flexibility index (Phi) is 4.47. The van der Waals surface area contributed by atoms with Gasteiger partial charge >= 0.3 is 0 Å². The molecule has 0 bridgehead atoms. The third-order valence-electron chi connectivity index (χ3n) is 5.10. The molecule has 0 N–H and O–H groups in total. The maximum Gasteiger partial charge on any atom is 0.163 e. The molecule has 0 unspecified atom stereocenters. The van der Waals surface area contributed by atoms with Gasteiger partial charge in [-0.1, -0.05) is 79.2 Å². The van der Waals surface area contributed by atoms with E-state index in [-0.39, 0.29) is 5.78 Å². The summed E-state index contributed by atoms with van der Waals surface area (Å²) in [5.41, 5.74) is 6.98. The lowest BCUT2D eigenvalue weighted by Gasteiger charge is -2.17. The largest absolute Gasteiger partial charge is 0.294 e. The molecule has 0 saturated carbocycles. The number of fused-ring (bicyclic) bond motifs is 5. The molecular formula is C24H22O. The predicted molar refractivity (Wildman–Crippen MR) is 104 cm³/mol. The zero-order valence-electron chi connectivity index (χ0n) is 14.4. The fraction of sp³-hybridized carbons (Fsp3) is 0.208. The molecular weight excluding hydrogens is 304 g/mol. The third-order valence-corrected chi connectivity index (χ3v) is 5.10. The van der Waals surface area contributed by atoms with Gasteiger partial charge in [0.25, 0.3) is 0 Å². The summed E-state index contributed by atoms with van der Waals surface area (Å²) >= 11 is 0. The van der Waals surface area contributed by atoms with Gasteiger partial charge < -0.3 is 0 Å². The van der Waals surface area contributed by atoms with Crippen LogP contribution in [0.15, 0.2) is 72.8 Å². The Hall–Kier alpha value is -2.67. The fourth-order valence-corrected chi connectivity index (χ4v) is 3.83. The van der Waals surface area contributed by atoms with Crippen LogP contribution in [0, 0.1) is 0 Å². The van der Waals surface area contributed by atoms with Crippen molar-refractivity contribution in [2.75, 3.05) is 0 Å². The van der Waals surface area contributed by atoms with Crippen LogP contribution in [0.1, 0.15) is 41.6 Å². The Morgan fingerprint density at radius 3 is 1.68 bits per heavy atom. The van der Waals surface area contributed by atoms with Crippen molar-refractivity contribution in [3.8, 4) is 22.3 Å². The topological polar surface area (TPSA) is 17.1 Å². The van der Waals surface area contributed by atoms with Gasteiger partial charge in [0, 0.05) is 12.0 Å². The second-order valence-corrected chi connectivity index (χ2v) is 6.73. The molecule has 1 aliphatic carbocycles. The lowest BCUT2D eigenvalue weighted by molar-refractivity contribution is 0.0980. The van der Waals surface area contributed by atoms with Crippen molar-refractivity contribution in [3.05, 3.63) is 83.9 Å². The highest BCUT2D eigenvalue weighted by Gasteiger charge is 2.17. The zero-order valence-corrected chi connectivity index (χ0v) is 14.4. The van der Waals surface area contributed by atoms with Crippen LogP contribution >= 0.6 is 0 Å². The molecule has 0 saturated heterocycles. The normalized spacial score (nSPS) is 14.5. The number of hydrogen-bond acceptors (Lipinski definition) is 1. The van der Waals surface area contributed by atoms with Crippen LogP contribution in [-0.2, 0) is 6.42 Å². The minimum Gasteiger partial charge on any atom is -0.294 e. The molecule has 1 nitrogen and oxygen atoms in total. The first kappa shape index (κ1) is 15.8. The second kappa shape index (κ2) is 7.06. The van der Waals surface area contributed by atoms with Crippen molar-refractivity contribution >= 4 is 5.78 Å². The van der Waals surface area contributed by atoms with E-state index in [4.69, 9.17) is 0 Å². The summed E-state index contributed by atoms with van der Waals surface area (Å²) in [7, 11) is 0. The van der Waals surface area contributed by atoms with Gasteiger partial charge in [-0.05, 0) is 47.1 Å². The summed E-state index contributed by atoms with van der Waals surface area (Å²) in [5.74, 6) is 0.263. The van der Waals surface area contributed by atoms with Gasteiger partial charge in [-0.25, -0.2) is 0 Å². The molecule has 25 heavy (non-hydrogen) atoms. The summed E-state index contributed by atoms with van der Waals surface area (Å²) in [6.45, 7) is 0. The van der Waals surface area contributed by atoms with Gasteiger partial charge in [0.05, 0.1) is 0 Å². The quantitative estimate of drug-likeness (QED) is 0.472. The summed E-state index contributed by atoms with van der Waals surface area (Å²) in [4.78, 5) is 12.8. The molecule has 0 fully saturated rings. The molecule has 0 radical (unpaired) electrons. The van der Waals surface area contributed by atoms with Gasteiger partial charge in [-0.15, -0.1) is 0 Å². The number of ketones is 1. The standard InChI is InChI=1S/C24H22O/c25-24-17-3-1-2-10-18-11-4-5-12-19(18)20-13-6-7-14-21(20)22-15-8-9-16-23(22)24/h4-9,11-16H,1-3,10,17H2. The van der Waals surface area contributed by atoms with E-state index in [1.807, 2.05) is 18.2 Å². The molecule has 0 heterocycles. The molecule has 3 aromatic rings. The van der Waals surface area contributed by atoms with Crippen molar-refractivity contribution in [2.45, 2.75) is 32.1 Å². The SMILES string of the molecule is O=C1CCCCCc2ccccc2-c2ccccc2-c2ccccc21. The molecule has 4 rings (SSSR count). The summed E-state index contributed by atoms with van der Waals surface area (Å²) < 4.78 is 0. The van der Waals surface area contributed by atoms with Gasteiger partial charge in [0.2, 0.25) is 0 Å². The maximum atomic E-state index is 12.8. The van der Waals surface area contributed by atoms with E-state index < -0.39 is 0 Å². The third kappa shape index (κ3) is 3.15. The number of aryl methyl sites for hydroxylation is 1. The van der Waals surface area contributed by atoms with E-state index in [9.17, 15) is 4.79 Å². The molecule has 1 aliphatic rings. The van der Waals surface area contributed by atoms with E-state index in [0.717, 1.165) is 42.4 Å². The molecule has 0 aromatic heterocycles. The molecule has 3 aromatic carbocycles. The molecule has 124 valence electrons. The fourth-order valence-electron chi connectivity index (χ4n) is 3.83. The average molecular weight is 326 g/mol. The van der Waals surface area contributed by atoms with Gasteiger partial charge in [-0.2, -0.15) is 0 Å². The van der Waals surface area contributed by atoms with Crippen LogP contribution < -0.4 is 0 Å². The highest BCUT2D eigenvalue weighted by Crippen LogP contribution is 2.36. The average Bonchev–Trinajstić information content (AvgIpc) is 2.67. The molecule has 0 aliphatic heterocycles. The number of Topliss-reactive ketones (excluding diaryl/α,β-unsaturated/α-hetero) is 1. The number of carbonyl (C=O) groups is 1. The summed E-state index contributed by atoms with van der Waals surface area (Å²) in [6.07, 6.45) is 4.91. The van der Waals surface area contributed by atoms with Crippen LogP contribution in [0.5, 0.6) is 0 Å². The molecule has 1 heteroatoms. The van der Waals surface area contributed by atoms with E-state index in [0.29, 0.717) is 6.42 Å². The Bertz CT molecular complexity index is 907. The number of benzene rings is 3. The van der Waals surface area contributed by atoms with Crippen molar-refractivity contribution in [3.63, 3.8) is 0 Å². The first-order chi connectivity index (χ1) is 12.3. The minimum atomic E-state index is 0.263. The second-order valence-electron chi connectivity index (χ2n) is 6.73. The Morgan fingerprint density at radius 2 is 0.960 bits per heavy atom. The van der Waals surface area contributed by atoms with E-state index in [2.05, 4.69) is 54.6 Å². The predicted octanol–water partition coefficient (Wildman–Crippen LogP) is 6.32. The number of hydrogen-bond donors (Lipinski definition) is 0. The van der Waals surface area contributed by atoms with Crippen LogP contribution in [0.25, 0.3) is 22.3 Å². The summed E-state index contributed by atoms with van der Waals surface area (Å²) in [6, 6.07) is 25.2. The Balaban J connectivity index is 1.98. The van der Waals surface area contributed by atoms with Crippen molar-refractivity contribution < 1.29 is 4.79 Å². The minimum absolute atomic E-state index is 0.263. The number of rotatable bonds is 0. The Labute approximate surface area is 149 Å². The van der Waals surface area contributed by atoms with Crippen molar-refractivity contribution in [1.82, 2.24) is 0 Å². The smallest absolute Gasteiger partial charge is 0.163 e. The zero-order chi connectivity index (χ0) is 17.1. The van der Waals surface area contributed by atoms with Gasteiger partial charge in [0.1, 0.15) is 0 Å². The van der Waals surface area contributed by atoms with E-state index in [1.165, 1.54) is 16.7 Å². The first-order valence-corrected chi connectivity index (χ1v) is 9.14. The maximum absolute atomic E-state index is 12.8. The molecule has 0 atom stereocenters. The first-order valence-electron chi connectivity index (χ1n) is 9.14. The molecule has 0 spiro atoms. The number of carbonyl (C=O) groups excluding carboxylic acids is 1. The lowest BCUT2D eigenvalue weighted by atomic mass is 9.86.